The van der Waals surface area contributed by atoms with Crippen LogP contribution in [0.15, 0.2) is 0 Å². The van der Waals surface area contributed by atoms with Crippen molar-refractivity contribution >= 4 is 11.9 Å². The monoisotopic (exact) mass is 204 g/mol. The number of unbranched alkanes of at least 4 members (excludes halogenated alkanes) is 2. The first kappa shape index (κ1) is 15.4. The normalized spacial score (nSPS) is 8.50. The lowest BCUT2D eigenvalue weighted by molar-refractivity contribution is -0.137. The molecule has 0 aliphatic rings. The van der Waals surface area contributed by atoms with Crippen LogP contribution in [0, 0.1) is 0 Å². The lowest BCUT2D eigenvalue weighted by Gasteiger charge is -1.93. The molecule has 0 bridgehead atoms. The van der Waals surface area contributed by atoms with Gasteiger partial charge in [-0.15, -0.1) is 0 Å². The Hall–Kier alpha value is -1.10. The lowest BCUT2D eigenvalue weighted by atomic mass is 10.2. The number of hydrogen-bond acceptors (Lipinski definition) is 3. The summed E-state index contributed by atoms with van der Waals surface area (Å²) in [5.41, 5.74) is 5.20. The lowest BCUT2D eigenvalue weighted by Crippen LogP contribution is -2.11. The molecule has 0 fully saturated rings. The first-order chi connectivity index (χ1) is 6.54. The van der Waals surface area contributed by atoms with Crippen molar-refractivity contribution in [3.8, 4) is 0 Å². The number of nitrogens with two attached hydrogens (primary N) is 1. The Morgan fingerprint density at radius 3 is 2.07 bits per heavy atom. The molecule has 0 saturated heterocycles. The number of hydrogen-bond donors (Lipinski definition) is 3. The summed E-state index contributed by atoms with van der Waals surface area (Å²) in [5, 5.41) is 10.6. The van der Waals surface area contributed by atoms with Gasteiger partial charge in [0.1, 0.15) is 0 Å². The Kier molecular flexibility index (Phi) is 13.1. The number of carboxylic acid groups (broad SMARTS) is 1. The van der Waals surface area contributed by atoms with Crippen molar-refractivity contribution in [3.05, 3.63) is 0 Å². The van der Waals surface area contributed by atoms with E-state index in [9.17, 15) is 9.59 Å². The van der Waals surface area contributed by atoms with Gasteiger partial charge >= 0.3 is 5.97 Å². The number of carbonyl (C=O) groups excluding carboxylic acids is 1. The van der Waals surface area contributed by atoms with Crippen molar-refractivity contribution in [1.29, 1.82) is 0 Å². The fourth-order valence-electron chi connectivity index (χ4n) is 0.597. The van der Waals surface area contributed by atoms with E-state index < -0.39 is 5.97 Å². The third kappa shape index (κ3) is 22.4. The van der Waals surface area contributed by atoms with E-state index in [2.05, 4.69) is 5.32 Å². The average Bonchev–Trinajstić information content (AvgIpc) is 2.13. The highest BCUT2D eigenvalue weighted by Gasteiger charge is 1.94. The van der Waals surface area contributed by atoms with Crippen LogP contribution in [0.5, 0.6) is 0 Å². The van der Waals surface area contributed by atoms with E-state index in [4.69, 9.17) is 10.8 Å². The number of amides is 1. The highest BCUT2D eigenvalue weighted by molar-refractivity contribution is 5.72. The molecule has 1 amide bonds. The Bertz CT molecular complexity index is 160. The average molecular weight is 204 g/mol. The minimum atomic E-state index is -0.716. The zero-order chi connectivity index (χ0) is 11.4. The van der Waals surface area contributed by atoms with E-state index in [0.717, 1.165) is 19.3 Å². The Labute approximate surface area is 84.7 Å². The molecule has 5 heteroatoms. The van der Waals surface area contributed by atoms with Gasteiger partial charge in [0, 0.05) is 20.4 Å². The number of aliphatic carboxylic acids is 1. The van der Waals surface area contributed by atoms with Gasteiger partial charge in [0.05, 0.1) is 0 Å². The standard InChI is InChI=1S/C6H13NO2.C3H7NO/c7-5-3-1-2-4-6(8)9;1-3(5)4-2/h1-5,7H2,(H,8,9);1-2H3,(H,4,5). The van der Waals surface area contributed by atoms with Crippen LogP contribution in [0.3, 0.4) is 0 Å². The second-order valence-electron chi connectivity index (χ2n) is 2.80. The number of carbonyl (C=O) groups is 2. The molecule has 0 unspecified atom stereocenters. The highest BCUT2D eigenvalue weighted by Crippen LogP contribution is 1.97. The number of carboxylic acids is 1. The van der Waals surface area contributed by atoms with E-state index in [1.54, 1.807) is 7.05 Å². The van der Waals surface area contributed by atoms with Gasteiger partial charge in [0.15, 0.2) is 0 Å². The molecule has 0 radical (unpaired) electrons. The second kappa shape index (κ2) is 11.9. The summed E-state index contributed by atoms with van der Waals surface area (Å²) in [5.74, 6) is -0.711. The van der Waals surface area contributed by atoms with E-state index >= 15 is 0 Å². The van der Waals surface area contributed by atoms with Crippen molar-refractivity contribution < 1.29 is 14.7 Å². The van der Waals surface area contributed by atoms with Gasteiger partial charge in [-0.05, 0) is 19.4 Å². The molecule has 0 saturated carbocycles. The summed E-state index contributed by atoms with van der Waals surface area (Å²) in [6, 6.07) is 0. The van der Waals surface area contributed by atoms with Crippen LogP contribution >= 0.6 is 0 Å². The van der Waals surface area contributed by atoms with Crippen molar-refractivity contribution in [1.82, 2.24) is 5.32 Å². The molecule has 5 nitrogen and oxygen atoms in total. The van der Waals surface area contributed by atoms with Gasteiger partial charge in [-0.25, -0.2) is 0 Å². The van der Waals surface area contributed by atoms with Crippen LogP contribution in [0.25, 0.3) is 0 Å². The highest BCUT2D eigenvalue weighted by atomic mass is 16.4. The zero-order valence-electron chi connectivity index (χ0n) is 8.88. The van der Waals surface area contributed by atoms with Crippen LogP contribution < -0.4 is 11.1 Å². The summed E-state index contributed by atoms with van der Waals surface area (Å²) in [6.45, 7) is 2.14. The predicted octanol–water partition coefficient (Wildman–Crippen LogP) is 0.342. The zero-order valence-corrected chi connectivity index (χ0v) is 8.88. The molecule has 0 aromatic carbocycles. The SMILES string of the molecule is CNC(C)=O.NCCCCCC(=O)O. The van der Waals surface area contributed by atoms with Crippen LogP contribution in [-0.2, 0) is 9.59 Å². The first-order valence-electron chi connectivity index (χ1n) is 4.64. The predicted molar refractivity (Wildman–Crippen MR) is 54.9 cm³/mol. The maximum atomic E-state index is 9.93. The fourth-order valence-corrected chi connectivity index (χ4v) is 0.597. The van der Waals surface area contributed by atoms with Gasteiger partial charge in [-0.2, -0.15) is 0 Å². The summed E-state index contributed by atoms with van der Waals surface area (Å²) in [4.78, 5) is 19.6. The van der Waals surface area contributed by atoms with Gasteiger partial charge in [-0.1, -0.05) is 6.42 Å². The van der Waals surface area contributed by atoms with Crippen molar-refractivity contribution in [2.75, 3.05) is 13.6 Å². The molecule has 0 atom stereocenters. The van der Waals surface area contributed by atoms with Crippen LogP contribution in [0.1, 0.15) is 32.6 Å². The summed E-state index contributed by atoms with van der Waals surface area (Å²) in [6.07, 6.45) is 2.91. The largest absolute Gasteiger partial charge is 0.481 e. The van der Waals surface area contributed by atoms with E-state index in [1.165, 1.54) is 6.92 Å². The van der Waals surface area contributed by atoms with Crippen molar-refractivity contribution in [3.63, 3.8) is 0 Å². The molecular weight excluding hydrogens is 184 g/mol. The number of rotatable bonds is 5. The van der Waals surface area contributed by atoms with Crippen molar-refractivity contribution in [2.24, 2.45) is 5.73 Å². The Morgan fingerprint density at radius 2 is 1.79 bits per heavy atom. The maximum Gasteiger partial charge on any atom is 0.303 e. The molecule has 0 aromatic rings. The minimum absolute atomic E-state index is 0.00463. The summed E-state index contributed by atoms with van der Waals surface area (Å²) < 4.78 is 0. The maximum absolute atomic E-state index is 9.93. The van der Waals surface area contributed by atoms with Crippen LogP contribution in [0.2, 0.25) is 0 Å². The van der Waals surface area contributed by atoms with Crippen molar-refractivity contribution in [2.45, 2.75) is 32.6 Å². The van der Waals surface area contributed by atoms with Gasteiger partial charge < -0.3 is 16.2 Å². The van der Waals surface area contributed by atoms with E-state index in [0.29, 0.717) is 6.54 Å². The Morgan fingerprint density at radius 1 is 1.29 bits per heavy atom. The molecule has 14 heavy (non-hydrogen) atoms. The molecule has 4 N–H and O–H groups in total. The molecule has 0 rings (SSSR count). The third-order valence-electron chi connectivity index (χ3n) is 1.45. The van der Waals surface area contributed by atoms with Crippen LogP contribution in [-0.4, -0.2) is 30.6 Å². The van der Waals surface area contributed by atoms with Gasteiger partial charge in [0.25, 0.3) is 0 Å². The van der Waals surface area contributed by atoms with E-state index in [1.807, 2.05) is 0 Å². The Balaban J connectivity index is 0. The molecule has 0 spiro atoms. The topological polar surface area (TPSA) is 92.4 Å². The van der Waals surface area contributed by atoms with Crippen LogP contribution in [0.4, 0.5) is 0 Å². The molecular formula is C9H20N2O3. The third-order valence-corrected chi connectivity index (χ3v) is 1.45. The molecule has 0 aliphatic heterocycles. The summed E-state index contributed by atoms with van der Waals surface area (Å²) in [7, 11) is 1.60. The molecule has 84 valence electrons. The summed E-state index contributed by atoms with van der Waals surface area (Å²) >= 11 is 0. The minimum Gasteiger partial charge on any atom is -0.481 e. The molecule has 0 aromatic heterocycles. The fraction of sp³-hybridized carbons (Fsp3) is 0.778. The molecule has 0 heterocycles. The molecule has 0 aliphatic carbocycles. The van der Waals surface area contributed by atoms with Gasteiger partial charge in [-0.3, -0.25) is 9.59 Å². The smallest absolute Gasteiger partial charge is 0.303 e. The first-order valence-corrected chi connectivity index (χ1v) is 4.64. The van der Waals surface area contributed by atoms with Gasteiger partial charge in [0.2, 0.25) is 5.91 Å². The van der Waals surface area contributed by atoms with E-state index in [-0.39, 0.29) is 12.3 Å². The second-order valence-corrected chi connectivity index (χ2v) is 2.80. The quantitative estimate of drug-likeness (QED) is 0.563. The number of nitrogens with one attached hydrogen (secondary N) is 1.